The highest BCUT2D eigenvalue weighted by Gasteiger charge is 2.40. The summed E-state index contributed by atoms with van der Waals surface area (Å²) in [6, 6.07) is 0. The normalized spacial score (nSPS) is 42.2. The number of aliphatic hydroxyl groups is 1. The summed E-state index contributed by atoms with van der Waals surface area (Å²) in [5, 5.41) is 9.92. The first-order chi connectivity index (χ1) is 7.33. The fraction of sp³-hybridized carbons (Fsp3) is 0.733. The van der Waals surface area contributed by atoms with E-state index in [1.165, 1.54) is 12.0 Å². The van der Waals surface area contributed by atoms with E-state index in [9.17, 15) is 5.11 Å². The van der Waals surface area contributed by atoms with Gasteiger partial charge in [-0.3, -0.25) is 0 Å². The Kier molecular flexibility index (Phi) is 2.78. The van der Waals surface area contributed by atoms with E-state index >= 15 is 0 Å². The summed E-state index contributed by atoms with van der Waals surface area (Å²) in [5.74, 6) is 1.36. The molecule has 0 spiro atoms. The van der Waals surface area contributed by atoms with Crippen LogP contribution in [0.5, 0.6) is 0 Å². The van der Waals surface area contributed by atoms with Gasteiger partial charge in [0, 0.05) is 0 Å². The molecule has 90 valence electrons. The van der Waals surface area contributed by atoms with Crippen LogP contribution in [0.15, 0.2) is 23.8 Å². The highest BCUT2D eigenvalue weighted by atomic mass is 16.3. The third-order valence-electron chi connectivity index (χ3n) is 4.82. The molecule has 1 N–H and O–H groups in total. The van der Waals surface area contributed by atoms with Gasteiger partial charge in [-0.2, -0.15) is 0 Å². The zero-order valence-electron chi connectivity index (χ0n) is 11.0. The number of hydrogen-bond acceptors (Lipinski definition) is 1. The molecule has 0 aromatic carbocycles. The van der Waals surface area contributed by atoms with Gasteiger partial charge < -0.3 is 5.11 Å². The van der Waals surface area contributed by atoms with E-state index in [1.54, 1.807) is 0 Å². The average Bonchev–Trinajstić information content (AvgIpc) is 2.43. The summed E-state index contributed by atoms with van der Waals surface area (Å²) in [5.41, 5.74) is 1.29. The van der Waals surface area contributed by atoms with Crippen LogP contribution in [0, 0.1) is 17.3 Å². The molecule has 3 atom stereocenters. The Morgan fingerprint density at radius 3 is 2.44 bits per heavy atom. The lowest BCUT2D eigenvalue weighted by molar-refractivity contribution is 0.0760. The zero-order valence-corrected chi connectivity index (χ0v) is 11.0. The smallest absolute Gasteiger partial charge is 0.0800 e. The molecule has 0 saturated carbocycles. The fourth-order valence-electron chi connectivity index (χ4n) is 3.17. The van der Waals surface area contributed by atoms with Crippen molar-refractivity contribution >= 4 is 0 Å². The van der Waals surface area contributed by atoms with Crippen LogP contribution in [0.2, 0.25) is 0 Å². The SMILES string of the molecule is CC1=CCC(C2C=CC(C)(O)CC2)C1(C)C. The van der Waals surface area contributed by atoms with Gasteiger partial charge in [-0.1, -0.05) is 37.6 Å². The van der Waals surface area contributed by atoms with E-state index in [4.69, 9.17) is 0 Å². The minimum atomic E-state index is -0.568. The largest absolute Gasteiger partial charge is 0.386 e. The van der Waals surface area contributed by atoms with Gasteiger partial charge in [0.1, 0.15) is 0 Å². The van der Waals surface area contributed by atoms with Crippen molar-refractivity contribution in [3.05, 3.63) is 23.8 Å². The van der Waals surface area contributed by atoms with Gasteiger partial charge >= 0.3 is 0 Å². The summed E-state index contributed by atoms with van der Waals surface area (Å²) in [4.78, 5) is 0. The highest BCUT2D eigenvalue weighted by Crippen LogP contribution is 2.49. The van der Waals surface area contributed by atoms with Crippen LogP contribution < -0.4 is 0 Å². The van der Waals surface area contributed by atoms with Crippen molar-refractivity contribution in [1.29, 1.82) is 0 Å². The highest BCUT2D eigenvalue weighted by molar-refractivity contribution is 5.21. The Bertz CT molecular complexity index is 333. The lowest BCUT2D eigenvalue weighted by atomic mass is 9.68. The predicted molar refractivity (Wildman–Crippen MR) is 68.1 cm³/mol. The molecule has 0 saturated heterocycles. The molecular formula is C15H24O. The molecule has 2 aliphatic carbocycles. The van der Waals surface area contributed by atoms with E-state index in [-0.39, 0.29) is 0 Å². The van der Waals surface area contributed by atoms with Crippen LogP contribution >= 0.6 is 0 Å². The van der Waals surface area contributed by atoms with E-state index < -0.39 is 5.60 Å². The Morgan fingerprint density at radius 2 is 2.00 bits per heavy atom. The van der Waals surface area contributed by atoms with Gasteiger partial charge in [0.25, 0.3) is 0 Å². The lowest BCUT2D eigenvalue weighted by Gasteiger charge is -2.38. The van der Waals surface area contributed by atoms with Crippen molar-refractivity contribution in [3.63, 3.8) is 0 Å². The van der Waals surface area contributed by atoms with Gasteiger partial charge in [-0.05, 0) is 50.4 Å². The molecule has 0 heterocycles. The van der Waals surface area contributed by atoms with E-state index in [2.05, 4.69) is 32.9 Å². The summed E-state index contributed by atoms with van der Waals surface area (Å²) < 4.78 is 0. The molecule has 0 aromatic rings. The van der Waals surface area contributed by atoms with Crippen molar-refractivity contribution in [2.24, 2.45) is 17.3 Å². The van der Waals surface area contributed by atoms with E-state index in [0.717, 1.165) is 18.8 Å². The summed E-state index contributed by atoms with van der Waals surface area (Å²) in [6.07, 6.45) is 9.88. The molecule has 0 aromatic heterocycles. The van der Waals surface area contributed by atoms with Crippen molar-refractivity contribution in [2.45, 2.75) is 52.6 Å². The Balaban J connectivity index is 2.12. The molecule has 2 aliphatic rings. The van der Waals surface area contributed by atoms with Gasteiger partial charge in [0.15, 0.2) is 0 Å². The second-order valence-corrected chi connectivity index (χ2v) is 6.37. The Morgan fingerprint density at radius 1 is 1.31 bits per heavy atom. The quantitative estimate of drug-likeness (QED) is 0.668. The average molecular weight is 220 g/mol. The summed E-state index contributed by atoms with van der Waals surface area (Å²) >= 11 is 0. The van der Waals surface area contributed by atoms with Gasteiger partial charge in [0.2, 0.25) is 0 Å². The van der Waals surface area contributed by atoms with Crippen LogP contribution in [0.25, 0.3) is 0 Å². The third-order valence-corrected chi connectivity index (χ3v) is 4.82. The minimum Gasteiger partial charge on any atom is -0.386 e. The molecule has 1 nitrogen and oxygen atoms in total. The van der Waals surface area contributed by atoms with Crippen molar-refractivity contribution < 1.29 is 5.11 Å². The van der Waals surface area contributed by atoms with Crippen LogP contribution in [-0.2, 0) is 0 Å². The number of allylic oxidation sites excluding steroid dienone is 3. The van der Waals surface area contributed by atoms with Crippen LogP contribution in [0.3, 0.4) is 0 Å². The maximum Gasteiger partial charge on any atom is 0.0800 e. The number of hydrogen-bond donors (Lipinski definition) is 1. The van der Waals surface area contributed by atoms with Crippen molar-refractivity contribution in [1.82, 2.24) is 0 Å². The van der Waals surface area contributed by atoms with Crippen LogP contribution in [0.1, 0.15) is 47.0 Å². The molecule has 3 unspecified atom stereocenters. The lowest BCUT2D eigenvalue weighted by Crippen LogP contribution is -2.32. The Hall–Kier alpha value is -0.560. The van der Waals surface area contributed by atoms with Gasteiger partial charge in [0.05, 0.1) is 5.60 Å². The molecular weight excluding hydrogens is 196 g/mol. The monoisotopic (exact) mass is 220 g/mol. The van der Waals surface area contributed by atoms with E-state index in [1.807, 2.05) is 13.0 Å². The second-order valence-electron chi connectivity index (χ2n) is 6.37. The third kappa shape index (κ3) is 1.98. The first kappa shape index (κ1) is 11.9. The standard InChI is InChI=1S/C15H24O/c1-11-5-6-13(14(11,2)3)12-7-9-15(4,16)10-8-12/h5,7,9,12-13,16H,6,8,10H2,1-4H3. The van der Waals surface area contributed by atoms with Crippen LogP contribution in [-0.4, -0.2) is 10.7 Å². The molecule has 1 heteroatoms. The molecule has 0 bridgehead atoms. The molecule has 0 amide bonds. The van der Waals surface area contributed by atoms with E-state index in [0.29, 0.717) is 11.3 Å². The van der Waals surface area contributed by atoms with Crippen LogP contribution in [0.4, 0.5) is 0 Å². The second kappa shape index (κ2) is 3.73. The first-order valence-electron chi connectivity index (χ1n) is 6.42. The fourth-order valence-corrected chi connectivity index (χ4v) is 3.17. The Labute approximate surface area is 99.3 Å². The molecule has 0 radical (unpaired) electrons. The number of rotatable bonds is 1. The van der Waals surface area contributed by atoms with Crippen molar-refractivity contribution in [3.8, 4) is 0 Å². The predicted octanol–water partition coefficient (Wildman–Crippen LogP) is 3.70. The zero-order chi connectivity index (χ0) is 12.0. The molecule has 0 aliphatic heterocycles. The minimum absolute atomic E-state index is 0.332. The summed E-state index contributed by atoms with van der Waals surface area (Å²) in [6.45, 7) is 8.87. The van der Waals surface area contributed by atoms with Gasteiger partial charge in [-0.15, -0.1) is 0 Å². The van der Waals surface area contributed by atoms with Crippen molar-refractivity contribution in [2.75, 3.05) is 0 Å². The topological polar surface area (TPSA) is 20.2 Å². The molecule has 16 heavy (non-hydrogen) atoms. The van der Waals surface area contributed by atoms with Gasteiger partial charge in [-0.25, -0.2) is 0 Å². The molecule has 0 fully saturated rings. The summed E-state index contributed by atoms with van der Waals surface area (Å²) in [7, 11) is 0. The maximum atomic E-state index is 9.92. The maximum absolute atomic E-state index is 9.92. The molecule has 2 rings (SSSR count). The first-order valence-corrected chi connectivity index (χ1v) is 6.42.